The molecule has 0 atom stereocenters. The number of carbonyl (C=O) groups is 1. The second-order valence-corrected chi connectivity index (χ2v) is 7.24. The molecule has 25 heavy (non-hydrogen) atoms. The molecule has 0 aromatic heterocycles. The molecule has 1 aliphatic heterocycles. The number of nitrogens with zero attached hydrogens (tertiary/aromatic N) is 2. The van der Waals surface area contributed by atoms with Crippen molar-refractivity contribution in [2.45, 2.75) is 17.7 Å². The van der Waals surface area contributed by atoms with E-state index in [1.165, 1.54) is 30.3 Å². The summed E-state index contributed by atoms with van der Waals surface area (Å²) in [7, 11) is -3.89. The summed E-state index contributed by atoms with van der Waals surface area (Å²) in [5.74, 6) is 0.0188. The van der Waals surface area contributed by atoms with Gasteiger partial charge in [0.15, 0.2) is 0 Å². The molecule has 1 N–H and O–H groups in total. The fourth-order valence-electron chi connectivity index (χ4n) is 2.62. The van der Waals surface area contributed by atoms with Crippen LogP contribution in [0.25, 0.3) is 0 Å². The number of benzene rings is 2. The monoisotopic (exact) mass is 361 g/mol. The Bertz CT molecular complexity index is 925. The van der Waals surface area contributed by atoms with Crippen molar-refractivity contribution < 1.29 is 18.1 Å². The number of nitro groups is 1. The molecule has 1 saturated heterocycles. The lowest BCUT2D eigenvalue weighted by atomic mass is 10.3. The van der Waals surface area contributed by atoms with E-state index in [4.69, 9.17) is 0 Å². The molecule has 1 amide bonds. The summed E-state index contributed by atoms with van der Waals surface area (Å²) >= 11 is 0. The van der Waals surface area contributed by atoms with Gasteiger partial charge in [-0.15, -0.1) is 0 Å². The fraction of sp³-hybridized carbons (Fsp3) is 0.188. The maximum absolute atomic E-state index is 12.4. The maximum Gasteiger partial charge on any atom is 0.271 e. The molecule has 8 nitrogen and oxygen atoms in total. The molecule has 2 aromatic carbocycles. The molecule has 2 aromatic rings. The number of anilines is 2. The summed E-state index contributed by atoms with van der Waals surface area (Å²) in [6.07, 6.45) is 1.28. The van der Waals surface area contributed by atoms with Crippen LogP contribution in [-0.4, -0.2) is 25.8 Å². The standard InChI is InChI=1S/C16H15N3O5S/c20-16-5-2-10-18(16)13-6-8-15(9-7-13)25(23,24)17-12-3-1-4-14(11-12)19(21)22/h1,3-4,6-9,11,17H,2,5,10H2. The highest BCUT2D eigenvalue weighted by Crippen LogP contribution is 2.25. The Balaban J connectivity index is 1.81. The van der Waals surface area contributed by atoms with Gasteiger partial charge >= 0.3 is 0 Å². The zero-order valence-electron chi connectivity index (χ0n) is 13.1. The Hall–Kier alpha value is -2.94. The number of hydrogen-bond donors (Lipinski definition) is 1. The van der Waals surface area contributed by atoms with Crippen molar-refractivity contribution in [2.75, 3.05) is 16.2 Å². The number of hydrogen-bond acceptors (Lipinski definition) is 5. The first-order chi connectivity index (χ1) is 11.9. The summed E-state index contributed by atoms with van der Waals surface area (Å²) < 4.78 is 27.2. The van der Waals surface area contributed by atoms with Crippen LogP contribution < -0.4 is 9.62 Å². The molecule has 1 fully saturated rings. The molecule has 9 heteroatoms. The van der Waals surface area contributed by atoms with Crippen LogP contribution in [0.5, 0.6) is 0 Å². The molecule has 0 unspecified atom stereocenters. The van der Waals surface area contributed by atoms with Gasteiger partial charge < -0.3 is 4.90 Å². The first-order valence-corrected chi connectivity index (χ1v) is 9.03. The Morgan fingerprint density at radius 1 is 1.12 bits per heavy atom. The lowest BCUT2D eigenvalue weighted by Gasteiger charge is -2.16. The number of nitro benzene ring substituents is 1. The molecular weight excluding hydrogens is 346 g/mol. The van der Waals surface area contributed by atoms with Gasteiger partial charge in [-0.2, -0.15) is 0 Å². The minimum absolute atomic E-state index is 0.00871. The average molecular weight is 361 g/mol. The predicted octanol–water partition coefficient (Wildman–Crippen LogP) is 2.52. The molecule has 0 saturated carbocycles. The van der Waals surface area contributed by atoms with E-state index in [0.717, 1.165) is 12.5 Å². The van der Waals surface area contributed by atoms with Gasteiger partial charge in [0, 0.05) is 30.8 Å². The van der Waals surface area contributed by atoms with Crippen LogP contribution in [0.3, 0.4) is 0 Å². The molecule has 1 aliphatic rings. The van der Waals surface area contributed by atoms with E-state index in [-0.39, 0.29) is 22.2 Å². The molecule has 130 valence electrons. The van der Waals surface area contributed by atoms with Gasteiger partial charge in [-0.1, -0.05) is 6.07 Å². The quantitative estimate of drug-likeness (QED) is 0.650. The number of nitrogens with one attached hydrogen (secondary N) is 1. The van der Waals surface area contributed by atoms with Crippen LogP contribution in [0.4, 0.5) is 17.1 Å². The maximum atomic E-state index is 12.4. The second kappa shape index (κ2) is 6.52. The Labute approximate surface area is 144 Å². The van der Waals surface area contributed by atoms with E-state index in [1.807, 2.05) is 0 Å². The second-order valence-electron chi connectivity index (χ2n) is 5.56. The van der Waals surface area contributed by atoms with Crippen molar-refractivity contribution in [3.8, 4) is 0 Å². The van der Waals surface area contributed by atoms with Gasteiger partial charge in [0.05, 0.1) is 15.5 Å². The third-order valence-electron chi connectivity index (χ3n) is 3.84. The van der Waals surface area contributed by atoms with Crippen LogP contribution in [0, 0.1) is 10.1 Å². The fourth-order valence-corrected chi connectivity index (χ4v) is 3.67. The Kier molecular flexibility index (Phi) is 4.41. The summed E-state index contributed by atoms with van der Waals surface area (Å²) in [6.45, 7) is 0.622. The number of carbonyl (C=O) groups excluding carboxylic acids is 1. The summed E-state index contributed by atoms with van der Waals surface area (Å²) in [6, 6.07) is 11.2. The van der Waals surface area contributed by atoms with E-state index in [1.54, 1.807) is 17.0 Å². The molecule has 1 heterocycles. The highest BCUT2D eigenvalue weighted by atomic mass is 32.2. The summed E-state index contributed by atoms with van der Waals surface area (Å²) in [5.41, 5.74) is 0.549. The number of sulfonamides is 1. The Morgan fingerprint density at radius 2 is 1.84 bits per heavy atom. The van der Waals surface area contributed by atoms with Crippen LogP contribution in [0.2, 0.25) is 0 Å². The van der Waals surface area contributed by atoms with Crippen molar-refractivity contribution in [3.63, 3.8) is 0 Å². The number of non-ortho nitro benzene ring substituents is 1. The molecular formula is C16H15N3O5S. The molecule has 0 bridgehead atoms. The van der Waals surface area contributed by atoms with Crippen molar-refractivity contribution in [1.82, 2.24) is 0 Å². The van der Waals surface area contributed by atoms with E-state index in [9.17, 15) is 23.3 Å². The minimum Gasteiger partial charge on any atom is -0.312 e. The highest BCUT2D eigenvalue weighted by Gasteiger charge is 2.22. The average Bonchev–Trinajstić information content (AvgIpc) is 3.01. The predicted molar refractivity (Wildman–Crippen MR) is 91.9 cm³/mol. The third-order valence-corrected chi connectivity index (χ3v) is 5.24. The SMILES string of the molecule is O=C1CCCN1c1ccc(S(=O)(=O)Nc2cccc([N+](=O)[O-])c2)cc1. The van der Waals surface area contributed by atoms with Crippen molar-refractivity contribution in [3.05, 3.63) is 58.6 Å². The third kappa shape index (κ3) is 3.61. The van der Waals surface area contributed by atoms with E-state index >= 15 is 0 Å². The van der Waals surface area contributed by atoms with Gasteiger partial charge in [0.25, 0.3) is 15.7 Å². The van der Waals surface area contributed by atoms with E-state index < -0.39 is 14.9 Å². The van der Waals surface area contributed by atoms with Gasteiger partial charge in [0.2, 0.25) is 5.91 Å². The van der Waals surface area contributed by atoms with Gasteiger partial charge in [-0.3, -0.25) is 19.6 Å². The van der Waals surface area contributed by atoms with Crippen LogP contribution in [0.15, 0.2) is 53.4 Å². The minimum atomic E-state index is -3.89. The van der Waals surface area contributed by atoms with E-state index in [0.29, 0.717) is 18.7 Å². The lowest BCUT2D eigenvalue weighted by molar-refractivity contribution is -0.384. The lowest BCUT2D eigenvalue weighted by Crippen LogP contribution is -2.23. The van der Waals surface area contributed by atoms with Crippen LogP contribution in [-0.2, 0) is 14.8 Å². The Morgan fingerprint density at radius 3 is 2.44 bits per heavy atom. The first kappa shape index (κ1) is 16.9. The topological polar surface area (TPSA) is 110 Å². The highest BCUT2D eigenvalue weighted by molar-refractivity contribution is 7.92. The zero-order valence-corrected chi connectivity index (χ0v) is 13.9. The molecule has 3 rings (SSSR count). The van der Waals surface area contributed by atoms with Crippen molar-refractivity contribution in [2.24, 2.45) is 0 Å². The first-order valence-electron chi connectivity index (χ1n) is 7.54. The zero-order chi connectivity index (χ0) is 18.0. The van der Waals surface area contributed by atoms with Crippen LogP contribution >= 0.6 is 0 Å². The van der Waals surface area contributed by atoms with Gasteiger partial charge in [-0.25, -0.2) is 8.42 Å². The smallest absolute Gasteiger partial charge is 0.271 e. The largest absolute Gasteiger partial charge is 0.312 e. The van der Waals surface area contributed by atoms with Gasteiger partial charge in [-0.05, 0) is 36.8 Å². The normalized spacial score (nSPS) is 14.6. The van der Waals surface area contributed by atoms with Crippen LogP contribution in [0.1, 0.15) is 12.8 Å². The van der Waals surface area contributed by atoms with Crippen molar-refractivity contribution in [1.29, 1.82) is 0 Å². The summed E-state index contributed by atoms with van der Waals surface area (Å²) in [4.78, 5) is 23.5. The van der Waals surface area contributed by atoms with Gasteiger partial charge in [0.1, 0.15) is 0 Å². The number of rotatable bonds is 5. The molecule has 0 radical (unpaired) electrons. The van der Waals surface area contributed by atoms with E-state index in [2.05, 4.69) is 4.72 Å². The number of amides is 1. The molecule has 0 aliphatic carbocycles. The van der Waals surface area contributed by atoms with Crippen molar-refractivity contribution >= 4 is 33.0 Å². The summed E-state index contributed by atoms with van der Waals surface area (Å²) in [5, 5.41) is 10.8. The molecule has 0 spiro atoms.